The van der Waals surface area contributed by atoms with Crippen LogP contribution < -0.4 is 4.72 Å². The Bertz CT molecular complexity index is 1140. The summed E-state index contributed by atoms with van der Waals surface area (Å²) in [6, 6.07) is 20.8. The van der Waals surface area contributed by atoms with E-state index in [9.17, 15) is 17.6 Å². The molecule has 1 aliphatic carbocycles. The van der Waals surface area contributed by atoms with Crippen LogP contribution in [0.1, 0.15) is 28.8 Å². The van der Waals surface area contributed by atoms with Crippen molar-refractivity contribution in [2.24, 2.45) is 0 Å². The van der Waals surface area contributed by atoms with E-state index in [1.807, 2.05) is 0 Å². The number of nitrogens with zero attached hydrogens (tertiary/aromatic N) is 1. The lowest BCUT2D eigenvalue weighted by molar-refractivity contribution is 0.0730. The third-order valence-electron chi connectivity index (χ3n) is 4.93. The monoisotopic (exact) mass is 424 g/mol. The molecule has 0 aliphatic heterocycles. The van der Waals surface area contributed by atoms with Crippen molar-refractivity contribution in [3.05, 3.63) is 95.8 Å². The van der Waals surface area contributed by atoms with Gasteiger partial charge < -0.3 is 4.90 Å². The third kappa shape index (κ3) is 4.68. The second-order valence-electron chi connectivity index (χ2n) is 7.29. The number of carbonyl (C=O) groups excluding carboxylic acids is 1. The molecule has 154 valence electrons. The first kappa shape index (κ1) is 20.1. The smallest absolute Gasteiger partial charge is 0.261 e. The van der Waals surface area contributed by atoms with Crippen LogP contribution in [0, 0.1) is 5.82 Å². The summed E-state index contributed by atoms with van der Waals surface area (Å²) in [5.74, 6) is -0.496. The van der Waals surface area contributed by atoms with Crippen molar-refractivity contribution in [2.45, 2.75) is 30.3 Å². The predicted octanol–water partition coefficient (Wildman–Crippen LogP) is 4.43. The van der Waals surface area contributed by atoms with Gasteiger partial charge >= 0.3 is 0 Å². The molecule has 1 amide bonds. The van der Waals surface area contributed by atoms with E-state index in [4.69, 9.17) is 0 Å². The first-order valence-electron chi connectivity index (χ1n) is 9.66. The Morgan fingerprint density at radius 1 is 0.967 bits per heavy atom. The van der Waals surface area contributed by atoms with E-state index in [-0.39, 0.29) is 22.7 Å². The van der Waals surface area contributed by atoms with Crippen LogP contribution in [0.5, 0.6) is 0 Å². The second kappa shape index (κ2) is 8.28. The molecule has 0 radical (unpaired) electrons. The first-order chi connectivity index (χ1) is 14.4. The molecular formula is C23H21FN2O3S. The Morgan fingerprint density at radius 2 is 1.67 bits per heavy atom. The average Bonchev–Trinajstić information content (AvgIpc) is 3.59. The van der Waals surface area contributed by atoms with Crippen molar-refractivity contribution in [1.82, 2.24) is 4.90 Å². The SMILES string of the molecule is O=C(c1cccc(NS(=O)(=O)c2ccccc2)c1)N(Cc1ccc(F)cc1)C1CC1. The van der Waals surface area contributed by atoms with Gasteiger partial charge in [0, 0.05) is 23.8 Å². The van der Waals surface area contributed by atoms with Gasteiger partial charge in [-0.25, -0.2) is 12.8 Å². The highest BCUT2D eigenvalue weighted by molar-refractivity contribution is 7.92. The molecule has 0 unspecified atom stereocenters. The summed E-state index contributed by atoms with van der Waals surface area (Å²) < 4.78 is 40.8. The van der Waals surface area contributed by atoms with E-state index in [0.717, 1.165) is 18.4 Å². The zero-order valence-corrected chi connectivity index (χ0v) is 17.0. The van der Waals surface area contributed by atoms with Crippen LogP contribution in [0.15, 0.2) is 83.8 Å². The zero-order valence-electron chi connectivity index (χ0n) is 16.2. The van der Waals surface area contributed by atoms with Gasteiger partial charge in [0.1, 0.15) is 5.82 Å². The highest BCUT2D eigenvalue weighted by Gasteiger charge is 2.33. The van der Waals surface area contributed by atoms with E-state index in [0.29, 0.717) is 17.8 Å². The van der Waals surface area contributed by atoms with Crippen molar-refractivity contribution >= 4 is 21.6 Å². The van der Waals surface area contributed by atoms with E-state index >= 15 is 0 Å². The molecule has 1 N–H and O–H groups in total. The Labute approximate surface area is 175 Å². The summed E-state index contributed by atoms with van der Waals surface area (Å²) >= 11 is 0. The van der Waals surface area contributed by atoms with E-state index in [2.05, 4.69) is 4.72 Å². The number of carbonyl (C=O) groups is 1. The number of rotatable bonds is 7. The van der Waals surface area contributed by atoms with Crippen LogP contribution in [0.3, 0.4) is 0 Å². The fraction of sp³-hybridized carbons (Fsp3) is 0.174. The molecule has 7 heteroatoms. The van der Waals surface area contributed by atoms with Crippen molar-refractivity contribution < 1.29 is 17.6 Å². The van der Waals surface area contributed by atoms with Crippen molar-refractivity contribution in [3.63, 3.8) is 0 Å². The minimum Gasteiger partial charge on any atom is -0.331 e. The van der Waals surface area contributed by atoms with Crippen LogP contribution in [-0.2, 0) is 16.6 Å². The molecule has 4 rings (SSSR count). The topological polar surface area (TPSA) is 66.5 Å². The molecular weight excluding hydrogens is 403 g/mol. The van der Waals surface area contributed by atoms with Crippen LogP contribution in [0.25, 0.3) is 0 Å². The standard InChI is InChI=1S/C23H21FN2O3S/c24-19-11-9-17(10-12-19)16-26(21-13-14-21)23(27)18-5-4-6-20(15-18)25-30(28,29)22-7-2-1-3-8-22/h1-12,15,21,25H,13-14,16H2. The summed E-state index contributed by atoms with van der Waals surface area (Å²) in [5, 5.41) is 0. The second-order valence-corrected chi connectivity index (χ2v) is 8.97. The minimum atomic E-state index is -3.74. The molecule has 0 aromatic heterocycles. The molecule has 3 aromatic carbocycles. The lowest BCUT2D eigenvalue weighted by Crippen LogP contribution is -2.32. The summed E-state index contributed by atoms with van der Waals surface area (Å²) in [4.78, 5) is 15.1. The molecule has 1 aliphatic rings. The summed E-state index contributed by atoms with van der Waals surface area (Å²) in [6.07, 6.45) is 1.85. The quantitative estimate of drug-likeness (QED) is 0.610. The van der Waals surface area contributed by atoms with E-state index < -0.39 is 10.0 Å². The predicted molar refractivity (Wildman–Crippen MR) is 113 cm³/mol. The lowest BCUT2D eigenvalue weighted by Gasteiger charge is -2.23. The fourth-order valence-corrected chi connectivity index (χ4v) is 4.31. The number of hydrogen-bond acceptors (Lipinski definition) is 3. The molecule has 0 heterocycles. The van der Waals surface area contributed by atoms with Gasteiger partial charge in [-0.1, -0.05) is 36.4 Å². The van der Waals surface area contributed by atoms with Gasteiger partial charge in [0.15, 0.2) is 0 Å². The number of hydrogen-bond donors (Lipinski definition) is 1. The van der Waals surface area contributed by atoms with Gasteiger partial charge in [0.2, 0.25) is 0 Å². The Hall–Kier alpha value is -3.19. The van der Waals surface area contributed by atoms with E-state index in [1.54, 1.807) is 59.5 Å². The largest absolute Gasteiger partial charge is 0.331 e. The molecule has 0 spiro atoms. The molecule has 0 bridgehead atoms. The number of sulfonamides is 1. The molecule has 1 fully saturated rings. The Morgan fingerprint density at radius 3 is 2.33 bits per heavy atom. The molecule has 5 nitrogen and oxygen atoms in total. The van der Waals surface area contributed by atoms with Gasteiger partial charge in [-0.15, -0.1) is 0 Å². The van der Waals surface area contributed by atoms with Crippen LogP contribution in [0.4, 0.5) is 10.1 Å². The minimum absolute atomic E-state index is 0.146. The van der Waals surface area contributed by atoms with Gasteiger partial charge in [0.25, 0.3) is 15.9 Å². The first-order valence-corrected chi connectivity index (χ1v) is 11.1. The van der Waals surface area contributed by atoms with Crippen molar-refractivity contribution in [2.75, 3.05) is 4.72 Å². The van der Waals surface area contributed by atoms with Crippen LogP contribution in [0.2, 0.25) is 0 Å². The average molecular weight is 424 g/mol. The molecule has 0 atom stereocenters. The molecule has 3 aromatic rings. The van der Waals surface area contributed by atoms with Crippen molar-refractivity contribution in [3.8, 4) is 0 Å². The third-order valence-corrected chi connectivity index (χ3v) is 6.33. The Balaban J connectivity index is 1.54. The number of benzene rings is 3. The van der Waals surface area contributed by atoms with Gasteiger partial charge in [-0.2, -0.15) is 0 Å². The summed E-state index contributed by atoms with van der Waals surface area (Å²) in [5.41, 5.74) is 1.57. The maximum atomic E-state index is 13.2. The summed E-state index contributed by atoms with van der Waals surface area (Å²) in [6.45, 7) is 0.379. The summed E-state index contributed by atoms with van der Waals surface area (Å²) in [7, 11) is -3.74. The number of amides is 1. The maximum Gasteiger partial charge on any atom is 0.261 e. The molecule has 1 saturated carbocycles. The normalized spacial score (nSPS) is 13.6. The lowest BCUT2D eigenvalue weighted by atomic mass is 10.1. The Kier molecular flexibility index (Phi) is 5.55. The highest BCUT2D eigenvalue weighted by atomic mass is 32.2. The van der Waals surface area contributed by atoms with Crippen LogP contribution in [-0.4, -0.2) is 25.3 Å². The van der Waals surface area contributed by atoms with Gasteiger partial charge in [-0.3, -0.25) is 9.52 Å². The van der Waals surface area contributed by atoms with E-state index in [1.165, 1.54) is 24.3 Å². The number of nitrogens with one attached hydrogen (secondary N) is 1. The molecule has 0 saturated heterocycles. The fourth-order valence-electron chi connectivity index (χ4n) is 3.23. The molecule has 30 heavy (non-hydrogen) atoms. The maximum absolute atomic E-state index is 13.2. The number of halogens is 1. The van der Waals surface area contributed by atoms with Gasteiger partial charge in [0.05, 0.1) is 4.90 Å². The number of anilines is 1. The van der Waals surface area contributed by atoms with Crippen LogP contribution >= 0.6 is 0 Å². The highest BCUT2D eigenvalue weighted by Crippen LogP contribution is 2.30. The van der Waals surface area contributed by atoms with Gasteiger partial charge in [-0.05, 0) is 60.9 Å². The van der Waals surface area contributed by atoms with Crippen molar-refractivity contribution in [1.29, 1.82) is 0 Å². The zero-order chi connectivity index (χ0) is 21.1.